The number of carbonyl (C=O) groups is 1. The Bertz CT molecular complexity index is 1040. The van der Waals surface area contributed by atoms with Gasteiger partial charge in [0.1, 0.15) is 5.75 Å². The van der Waals surface area contributed by atoms with Gasteiger partial charge in [0.05, 0.1) is 12.8 Å². The van der Waals surface area contributed by atoms with Gasteiger partial charge in [-0.1, -0.05) is 12.1 Å². The number of aromatic nitrogens is 2. The Labute approximate surface area is 149 Å². The van der Waals surface area contributed by atoms with Crippen LogP contribution in [0, 0.1) is 0 Å². The van der Waals surface area contributed by atoms with Gasteiger partial charge < -0.3 is 14.5 Å². The first-order chi connectivity index (χ1) is 12.4. The fraction of sp³-hybridized carbons (Fsp3) is 0.125. The number of nitrogens with one attached hydrogen (secondary N) is 3. The highest BCUT2D eigenvalue weighted by Crippen LogP contribution is 2.29. The van der Waals surface area contributed by atoms with E-state index in [4.69, 9.17) is 9.15 Å². The van der Waals surface area contributed by atoms with Crippen LogP contribution >= 0.6 is 0 Å². The molecule has 3 N–H and O–H groups in total. The smallest absolute Gasteiger partial charge is 0.292 e. The Balaban J connectivity index is 1.78. The Hall–Kier alpha value is -3.11. The summed E-state index contributed by atoms with van der Waals surface area (Å²) in [5, 5.41) is 9.02. The van der Waals surface area contributed by atoms with Crippen LogP contribution < -0.4 is 14.8 Å². The lowest BCUT2D eigenvalue weighted by Crippen LogP contribution is -2.18. The number of nitrogens with zero attached hydrogens (tertiary/aromatic N) is 1. The minimum Gasteiger partial charge on any atom is -0.496 e. The molecule has 10 heteroatoms. The normalized spacial score (nSPS) is 11.3. The molecule has 2 heterocycles. The predicted molar refractivity (Wildman–Crippen MR) is 93.5 cm³/mol. The third-order valence-electron chi connectivity index (χ3n) is 3.56. The standard InChI is InChI=1S/C16H16N4O5S/c1-17-26(22,23)15-8-7-13(25-15)16(21)18-14-9-11(19-20-14)10-5-3-4-6-12(10)24-2/h3-9,17H,1-2H3,(H2,18,19,20,21). The van der Waals surface area contributed by atoms with Crippen LogP contribution in [0.2, 0.25) is 0 Å². The first-order valence-corrected chi connectivity index (χ1v) is 8.96. The molecule has 0 saturated carbocycles. The van der Waals surface area contributed by atoms with Crippen LogP contribution in [0.1, 0.15) is 10.6 Å². The largest absolute Gasteiger partial charge is 0.496 e. The molecular weight excluding hydrogens is 360 g/mol. The third kappa shape index (κ3) is 3.46. The lowest BCUT2D eigenvalue weighted by atomic mass is 10.1. The van der Waals surface area contributed by atoms with E-state index >= 15 is 0 Å². The fourth-order valence-corrected chi connectivity index (χ4v) is 2.90. The Morgan fingerprint density at radius 1 is 1.23 bits per heavy atom. The van der Waals surface area contributed by atoms with Crippen molar-refractivity contribution in [2.24, 2.45) is 0 Å². The second-order valence-electron chi connectivity index (χ2n) is 5.15. The average molecular weight is 376 g/mol. The molecule has 26 heavy (non-hydrogen) atoms. The average Bonchev–Trinajstić information content (AvgIpc) is 3.31. The molecule has 0 unspecified atom stereocenters. The molecule has 1 amide bonds. The topological polar surface area (TPSA) is 126 Å². The summed E-state index contributed by atoms with van der Waals surface area (Å²) in [6.45, 7) is 0. The monoisotopic (exact) mass is 376 g/mol. The van der Waals surface area contributed by atoms with E-state index in [1.165, 1.54) is 19.2 Å². The van der Waals surface area contributed by atoms with Crippen LogP contribution in [-0.2, 0) is 10.0 Å². The summed E-state index contributed by atoms with van der Waals surface area (Å²) >= 11 is 0. The molecule has 1 aromatic carbocycles. The van der Waals surface area contributed by atoms with Gasteiger partial charge in [-0.2, -0.15) is 5.10 Å². The molecule has 9 nitrogen and oxygen atoms in total. The zero-order valence-corrected chi connectivity index (χ0v) is 14.8. The molecule has 136 valence electrons. The van der Waals surface area contributed by atoms with Crippen molar-refractivity contribution in [2.75, 3.05) is 19.5 Å². The third-order valence-corrected chi connectivity index (χ3v) is 4.84. The summed E-state index contributed by atoms with van der Waals surface area (Å²) in [5.74, 6) is 0.133. The number of para-hydroxylation sites is 1. The summed E-state index contributed by atoms with van der Waals surface area (Å²) < 4.78 is 35.8. The fourth-order valence-electron chi connectivity index (χ4n) is 2.26. The van der Waals surface area contributed by atoms with Crippen molar-refractivity contribution in [1.82, 2.24) is 14.9 Å². The number of furan rings is 1. The molecule has 0 atom stereocenters. The molecule has 0 aliphatic heterocycles. The highest BCUT2D eigenvalue weighted by Gasteiger charge is 2.20. The number of sulfonamides is 1. The molecule has 2 aromatic heterocycles. The van der Waals surface area contributed by atoms with E-state index in [0.717, 1.165) is 5.56 Å². The van der Waals surface area contributed by atoms with E-state index in [1.54, 1.807) is 19.2 Å². The molecular formula is C16H16N4O5S. The first-order valence-electron chi connectivity index (χ1n) is 7.48. The Kier molecular flexibility index (Phi) is 4.78. The number of amides is 1. The van der Waals surface area contributed by atoms with Gasteiger partial charge in [-0.25, -0.2) is 13.1 Å². The number of rotatable bonds is 6. The first kappa shape index (κ1) is 17.7. The van der Waals surface area contributed by atoms with Crippen molar-refractivity contribution in [1.29, 1.82) is 0 Å². The number of ether oxygens (including phenoxy) is 1. The van der Waals surface area contributed by atoms with Gasteiger partial charge in [-0.15, -0.1) is 0 Å². The van der Waals surface area contributed by atoms with Crippen LogP contribution in [0.15, 0.2) is 52.0 Å². The zero-order chi connectivity index (χ0) is 18.7. The molecule has 3 rings (SSSR count). The summed E-state index contributed by atoms with van der Waals surface area (Å²) in [5.41, 5.74) is 1.43. The summed E-state index contributed by atoms with van der Waals surface area (Å²) in [7, 11) is -0.944. The van der Waals surface area contributed by atoms with E-state index < -0.39 is 15.9 Å². The van der Waals surface area contributed by atoms with E-state index in [1.807, 2.05) is 18.2 Å². The van der Waals surface area contributed by atoms with Crippen molar-refractivity contribution in [3.05, 3.63) is 48.2 Å². The minimum atomic E-state index is -3.76. The van der Waals surface area contributed by atoms with Gasteiger partial charge in [0.25, 0.3) is 15.9 Å². The summed E-state index contributed by atoms with van der Waals surface area (Å²) in [6, 6.07) is 11.4. The highest BCUT2D eigenvalue weighted by molar-refractivity contribution is 7.89. The lowest BCUT2D eigenvalue weighted by Gasteiger charge is -2.05. The lowest BCUT2D eigenvalue weighted by molar-refractivity contribution is 0.0991. The number of hydrogen-bond acceptors (Lipinski definition) is 6. The van der Waals surface area contributed by atoms with Crippen LogP contribution in [0.25, 0.3) is 11.3 Å². The zero-order valence-electron chi connectivity index (χ0n) is 13.9. The van der Waals surface area contributed by atoms with Gasteiger partial charge in [-0.3, -0.25) is 9.89 Å². The number of aromatic amines is 1. The van der Waals surface area contributed by atoms with E-state index in [9.17, 15) is 13.2 Å². The Morgan fingerprint density at radius 3 is 2.73 bits per heavy atom. The SMILES string of the molecule is CNS(=O)(=O)c1ccc(C(=O)Nc2cc(-c3ccccc3OC)[nH]n2)o1. The maximum Gasteiger partial charge on any atom is 0.292 e. The maximum absolute atomic E-state index is 12.2. The van der Waals surface area contributed by atoms with Gasteiger partial charge in [0, 0.05) is 11.6 Å². The van der Waals surface area contributed by atoms with Gasteiger partial charge >= 0.3 is 0 Å². The second-order valence-corrected chi connectivity index (χ2v) is 6.97. The molecule has 0 radical (unpaired) electrons. The number of H-pyrrole nitrogens is 1. The quantitative estimate of drug-likeness (QED) is 0.602. The molecule has 0 aliphatic carbocycles. The van der Waals surface area contributed by atoms with Gasteiger partial charge in [0.15, 0.2) is 11.6 Å². The van der Waals surface area contributed by atoms with Crippen LogP contribution in [0.4, 0.5) is 5.82 Å². The molecule has 0 saturated heterocycles. The molecule has 0 bridgehead atoms. The summed E-state index contributed by atoms with van der Waals surface area (Å²) in [6.07, 6.45) is 0. The van der Waals surface area contributed by atoms with E-state index in [2.05, 4.69) is 20.2 Å². The van der Waals surface area contributed by atoms with Crippen molar-refractivity contribution in [2.45, 2.75) is 5.09 Å². The van der Waals surface area contributed by atoms with Crippen molar-refractivity contribution in [3.63, 3.8) is 0 Å². The van der Waals surface area contributed by atoms with E-state index in [-0.39, 0.29) is 16.7 Å². The molecule has 0 fully saturated rings. The minimum absolute atomic E-state index is 0.152. The van der Waals surface area contributed by atoms with Crippen LogP contribution in [-0.4, -0.2) is 38.7 Å². The molecule has 3 aromatic rings. The van der Waals surface area contributed by atoms with Gasteiger partial charge in [0.2, 0.25) is 5.09 Å². The predicted octanol–water partition coefficient (Wildman–Crippen LogP) is 1.84. The molecule has 0 spiro atoms. The highest BCUT2D eigenvalue weighted by atomic mass is 32.2. The van der Waals surface area contributed by atoms with Gasteiger partial charge in [-0.05, 0) is 31.3 Å². The van der Waals surface area contributed by atoms with Crippen LogP contribution in [0.5, 0.6) is 5.75 Å². The summed E-state index contributed by atoms with van der Waals surface area (Å²) in [4.78, 5) is 12.2. The number of anilines is 1. The van der Waals surface area contributed by atoms with Crippen molar-refractivity contribution < 1.29 is 22.4 Å². The number of hydrogen-bond donors (Lipinski definition) is 3. The Morgan fingerprint density at radius 2 is 2.00 bits per heavy atom. The number of carbonyl (C=O) groups excluding carboxylic acids is 1. The van der Waals surface area contributed by atoms with Crippen molar-refractivity contribution in [3.8, 4) is 17.0 Å². The number of benzene rings is 1. The number of methoxy groups -OCH3 is 1. The van der Waals surface area contributed by atoms with E-state index in [0.29, 0.717) is 11.4 Å². The second kappa shape index (κ2) is 7.02. The van der Waals surface area contributed by atoms with Crippen LogP contribution in [0.3, 0.4) is 0 Å². The maximum atomic E-state index is 12.2. The molecule has 0 aliphatic rings. The van der Waals surface area contributed by atoms with Crippen molar-refractivity contribution >= 4 is 21.7 Å².